The van der Waals surface area contributed by atoms with Crippen molar-refractivity contribution in [2.75, 3.05) is 0 Å². The molecule has 4 rings (SSSR count). The smallest absolute Gasteiger partial charge is 0.262 e. The first kappa shape index (κ1) is 26.4. The van der Waals surface area contributed by atoms with E-state index in [2.05, 4.69) is 15.8 Å². The van der Waals surface area contributed by atoms with Gasteiger partial charge in [0.2, 0.25) is 0 Å². The van der Waals surface area contributed by atoms with Crippen LogP contribution < -0.4 is 10.7 Å². The lowest BCUT2D eigenvalue weighted by molar-refractivity contribution is -0.123. The van der Waals surface area contributed by atoms with Crippen LogP contribution in [0.4, 0.5) is 4.39 Å². The molecule has 0 saturated heterocycles. The molecule has 3 aromatic carbocycles. The molecule has 1 atom stereocenters. The van der Waals surface area contributed by atoms with E-state index < -0.39 is 17.9 Å². The van der Waals surface area contributed by atoms with Crippen molar-refractivity contribution >= 4 is 52.1 Å². The fraction of sp³-hybridized carbons (Fsp3) is 0.179. The molecule has 1 unspecified atom stereocenters. The Bertz CT molecular complexity index is 1470. The molecule has 0 aliphatic carbocycles. The van der Waals surface area contributed by atoms with E-state index in [0.717, 1.165) is 22.0 Å². The molecule has 4 aromatic rings. The highest BCUT2D eigenvalue weighted by Gasteiger charge is 2.25. The summed E-state index contributed by atoms with van der Waals surface area (Å²) in [5.41, 5.74) is 5.57. The Morgan fingerprint density at radius 1 is 1.03 bits per heavy atom. The van der Waals surface area contributed by atoms with E-state index in [1.54, 1.807) is 24.4 Å². The Balaban J connectivity index is 1.48. The molecule has 9 heteroatoms. The number of hydrazone groups is 1. The van der Waals surface area contributed by atoms with Crippen molar-refractivity contribution in [3.05, 3.63) is 105 Å². The molecule has 0 spiro atoms. The quantitative estimate of drug-likeness (QED) is 0.212. The summed E-state index contributed by atoms with van der Waals surface area (Å²) in [6.45, 7) is 4.20. The maximum absolute atomic E-state index is 13.3. The van der Waals surface area contributed by atoms with Crippen molar-refractivity contribution in [1.82, 2.24) is 15.3 Å². The van der Waals surface area contributed by atoms with Crippen LogP contribution in [0.15, 0.2) is 78.0 Å². The maximum atomic E-state index is 13.3. The van der Waals surface area contributed by atoms with E-state index in [1.807, 2.05) is 48.9 Å². The third kappa shape index (κ3) is 6.37. The van der Waals surface area contributed by atoms with Gasteiger partial charge in [0.05, 0.1) is 16.3 Å². The van der Waals surface area contributed by atoms with Gasteiger partial charge in [0.25, 0.3) is 11.8 Å². The Labute approximate surface area is 224 Å². The Hall–Kier alpha value is -3.68. The van der Waals surface area contributed by atoms with Crippen LogP contribution in [0.2, 0.25) is 10.0 Å². The molecule has 0 aliphatic heterocycles. The molecule has 0 fully saturated rings. The minimum absolute atomic E-state index is 0.195. The van der Waals surface area contributed by atoms with Gasteiger partial charge in [-0.2, -0.15) is 5.10 Å². The second kappa shape index (κ2) is 11.6. The van der Waals surface area contributed by atoms with Crippen molar-refractivity contribution in [2.45, 2.75) is 26.4 Å². The second-order valence-corrected chi connectivity index (χ2v) is 9.73. The average molecular weight is 539 g/mol. The molecule has 2 amide bonds. The molecule has 0 radical (unpaired) electrons. The van der Waals surface area contributed by atoms with E-state index in [-0.39, 0.29) is 16.8 Å². The summed E-state index contributed by atoms with van der Waals surface area (Å²) in [4.78, 5) is 25.6. The highest BCUT2D eigenvalue weighted by molar-refractivity contribution is 6.42. The van der Waals surface area contributed by atoms with E-state index in [4.69, 9.17) is 23.2 Å². The van der Waals surface area contributed by atoms with Gasteiger partial charge in [0.1, 0.15) is 11.9 Å². The number of carbonyl (C=O) groups is 2. The number of para-hydroxylation sites is 1. The second-order valence-electron chi connectivity index (χ2n) is 8.91. The summed E-state index contributed by atoms with van der Waals surface area (Å²) >= 11 is 11.9. The zero-order valence-electron chi connectivity index (χ0n) is 20.2. The number of rotatable bonds is 8. The van der Waals surface area contributed by atoms with Crippen LogP contribution in [-0.2, 0) is 11.3 Å². The van der Waals surface area contributed by atoms with Crippen LogP contribution in [0.3, 0.4) is 0 Å². The number of aromatic nitrogens is 1. The zero-order chi connectivity index (χ0) is 26.5. The van der Waals surface area contributed by atoms with Gasteiger partial charge in [-0.05, 0) is 47.9 Å². The molecule has 0 aliphatic rings. The highest BCUT2D eigenvalue weighted by Crippen LogP contribution is 2.23. The number of amides is 2. The van der Waals surface area contributed by atoms with Crippen LogP contribution in [0.1, 0.15) is 35.3 Å². The first-order chi connectivity index (χ1) is 17.7. The number of carbonyl (C=O) groups excluding carboxylic acids is 2. The topological polar surface area (TPSA) is 75.5 Å². The molecule has 2 N–H and O–H groups in total. The Kier molecular flexibility index (Phi) is 8.26. The predicted molar refractivity (Wildman–Crippen MR) is 146 cm³/mol. The third-order valence-corrected chi connectivity index (χ3v) is 6.62. The van der Waals surface area contributed by atoms with E-state index in [1.165, 1.54) is 24.3 Å². The lowest BCUT2D eigenvalue weighted by Gasteiger charge is -2.20. The monoisotopic (exact) mass is 538 g/mol. The number of halogens is 3. The van der Waals surface area contributed by atoms with Crippen LogP contribution in [0.25, 0.3) is 10.9 Å². The van der Waals surface area contributed by atoms with Gasteiger partial charge in [0.15, 0.2) is 0 Å². The fourth-order valence-electron chi connectivity index (χ4n) is 3.93. The maximum Gasteiger partial charge on any atom is 0.262 e. The van der Waals surface area contributed by atoms with Gasteiger partial charge in [-0.3, -0.25) is 9.59 Å². The minimum Gasteiger partial charge on any atom is -0.342 e. The molecule has 190 valence electrons. The fourth-order valence-corrected chi connectivity index (χ4v) is 4.23. The average Bonchev–Trinajstić information content (AvgIpc) is 3.22. The first-order valence-electron chi connectivity index (χ1n) is 11.6. The van der Waals surface area contributed by atoms with Gasteiger partial charge in [-0.1, -0.05) is 67.4 Å². The number of nitrogens with one attached hydrogen (secondary N) is 2. The van der Waals surface area contributed by atoms with Crippen molar-refractivity contribution in [3.8, 4) is 0 Å². The van der Waals surface area contributed by atoms with E-state index >= 15 is 0 Å². The largest absolute Gasteiger partial charge is 0.342 e. The van der Waals surface area contributed by atoms with E-state index in [0.29, 0.717) is 17.1 Å². The summed E-state index contributed by atoms with van der Waals surface area (Å²) in [6.07, 6.45) is 3.50. The lowest BCUT2D eigenvalue weighted by atomic mass is 10.0. The number of hydrogen-bond acceptors (Lipinski definition) is 3. The Morgan fingerprint density at radius 2 is 1.76 bits per heavy atom. The van der Waals surface area contributed by atoms with E-state index in [9.17, 15) is 14.0 Å². The van der Waals surface area contributed by atoms with Crippen LogP contribution in [0.5, 0.6) is 0 Å². The molecule has 0 saturated carbocycles. The molecule has 6 nitrogen and oxygen atoms in total. The van der Waals surface area contributed by atoms with Crippen molar-refractivity contribution in [1.29, 1.82) is 0 Å². The molecule has 37 heavy (non-hydrogen) atoms. The molecule has 0 bridgehead atoms. The molecular formula is C28H25Cl2FN4O2. The van der Waals surface area contributed by atoms with Crippen LogP contribution in [0, 0.1) is 11.7 Å². The standard InChI is InChI=1S/C28H25Cl2FN4O2/c1-17(2)26(33-27(36)19-9-12-23(29)24(30)13-19)28(37)34-32-14-20-16-35(25-6-4-3-5-22(20)25)15-18-7-10-21(31)11-8-18/h3-14,16-17,26H,15H2,1-2H3,(H,33,36)(H,34,37). The summed E-state index contributed by atoms with van der Waals surface area (Å²) in [6, 6.07) is 17.9. The van der Waals surface area contributed by atoms with Crippen LogP contribution in [-0.4, -0.2) is 28.6 Å². The minimum atomic E-state index is -0.820. The molecule has 1 heterocycles. The first-order valence-corrected chi connectivity index (χ1v) is 12.4. The summed E-state index contributed by atoms with van der Waals surface area (Å²) in [5.74, 6) is -1.37. The number of hydrogen-bond donors (Lipinski definition) is 2. The number of benzene rings is 3. The third-order valence-electron chi connectivity index (χ3n) is 5.88. The summed E-state index contributed by atoms with van der Waals surface area (Å²) < 4.78 is 15.3. The van der Waals surface area contributed by atoms with Gasteiger partial charge in [-0.15, -0.1) is 0 Å². The summed E-state index contributed by atoms with van der Waals surface area (Å²) in [7, 11) is 0. The van der Waals surface area contributed by atoms with Gasteiger partial charge < -0.3 is 9.88 Å². The van der Waals surface area contributed by atoms with Gasteiger partial charge >= 0.3 is 0 Å². The normalized spacial score (nSPS) is 12.3. The van der Waals surface area contributed by atoms with Crippen molar-refractivity contribution < 1.29 is 14.0 Å². The molecule has 1 aromatic heterocycles. The SMILES string of the molecule is CC(C)C(NC(=O)c1ccc(Cl)c(Cl)c1)C(=O)NN=Cc1cn(Cc2ccc(F)cc2)c2ccccc12. The zero-order valence-corrected chi connectivity index (χ0v) is 21.7. The van der Waals surface area contributed by atoms with Crippen molar-refractivity contribution in [2.24, 2.45) is 11.0 Å². The predicted octanol–water partition coefficient (Wildman–Crippen LogP) is 6.04. The Morgan fingerprint density at radius 3 is 2.46 bits per heavy atom. The van der Waals surface area contributed by atoms with Gasteiger partial charge in [-0.25, -0.2) is 9.82 Å². The summed E-state index contributed by atoms with van der Waals surface area (Å²) in [5, 5.41) is 8.44. The number of fused-ring (bicyclic) bond motifs is 1. The lowest BCUT2D eigenvalue weighted by Crippen LogP contribution is -2.48. The highest BCUT2D eigenvalue weighted by atomic mass is 35.5. The molecular weight excluding hydrogens is 514 g/mol. The van der Waals surface area contributed by atoms with Crippen molar-refractivity contribution in [3.63, 3.8) is 0 Å². The van der Waals surface area contributed by atoms with Gasteiger partial charge in [0, 0.05) is 34.8 Å². The van der Waals surface area contributed by atoms with Crippen LogP contribution >= 0.6 is 23.2 Å². The number of nitrogens with zero attached hydrogens (tertiary/aromatic N) is 2.